The number of aliphatic hydroxyl groups is 1. The third-order valence-corrected chi connectivity index (χ3v) is 4.27. The van der Waals surface area contributed by atoms with Gasteiger partial charge in [0.15, 0.2) is 0 Å². The Morgan fingerprint density at radius 3 is 2.61 bits per heavy atom. The predicted octanol–water partition coefficient (Wildman–Crippen LogP) is 3.16. The van der Waals surface area contributed by atoms with E-state index in [0.717, 1.165) is 37.5 Å². The molecule has 98 valence electrons. The first-order valence-electron chi connectivity index (χ1n) is 7.02. The summed E-state index contributed by atoms with van der Waals surface area (Å²) in [5.41, 5.74) is 3.24. The topological polar surface area (TPSA) is 29.5 Å². The van der Waals surface area contributed by atoms with Crippen LogP contribution < -0.4 is 4.74 Å². The molecule has 0 unspecified atom stereocenters. The Kier molecular flexibility index (Phi) is 2.86. The maximum Gasteiger partial charge on any atom is 0.125 e. The van der Waals surface area contributed by atoms with E-state index in [1.165, 1.54) is 29.5 Å². The van der Waals surface area contributed by atoms with E-state index in [0.29, 0.717) is 0 Å². The van der Waals surface area contributed by atoms with Crippen LogP contribution in [0.15, 0.2) is 12.1 Å². The lowest BCUT2D eigenvalue weighted by atomic mass is 9.99. The molecule has 18 heavy (non-hydrogen) atoms. The smallest absolute Gasteiger partial charge is 0.125 e. The summed E-state index contributed by atoms with van der Waals surface area (Å²) in [6.07, 6.45) is 5.23. The fourth-order valence-electron chi connectivity index (χ4n) is 2.35. The largest absolute Gasteiger partial charge is 0.493 e. The molecule has 3 rings (SSSR count). The van der Waals surface area contributed by atoms with E-state index >= 15 is 0 Å². The van der Waals surface area contributed by atoms with Crippen LogP contribution in [0.1, 0.15) is 42.4 Å². The Bertz CT molecular complexity index is 456. The minimum absolute atomic E-state index is 0.445. The van der Waals surface area contributed by atoms with Gasteiger partial charge in [0.2, 0.25) is 0 Å². The summed E-state index contributed by atoms with van der Waals surface area (Å²) in [5.74, 6) is 1.80. The highest BCUT2D eigenvalue weighted by Gasteiger charge is 2.41. The monoisotopic (exact) mass is 246 g/mol. The number of rotatable bonds is 5. The number of ether oxygens (including phenoxy) is 1. The number of hydrogen-bond donors (Lipinski definition) is 1. The second-order valence-corrected chi connectivity index (χ2v) is 6.15. The Hall–Kier alpha value is -1.02. The summed E-state index contributed by atoms with van der Waals surface area (Å²) in [6.45, 7) is 5.09. The fraction of sp³-hybridized carbons (Fsp3) is 0.625. The van der Waals surface area contributed by atoms with Gasteiger partial charge in [-0.15, -0.1) is 0 Å². The normalized spacial score (nSPS) is 20.8. The van der Waals surface area contributed by atoms with Gasteiger partial charge < -0.3 is 9.84 Å². The van der Waals surface area contributed by atoms with Crippen molar-refractivity contribution in [2.24, 2.45) is 5.92 Å². The fourth-order valence-corrected chi connectivity index (χ4v) is 2.35. The lowest BCUT2D eigenvalue weighted by molar-refractivity contribution is 0.149. The summed E-state index contributed by atoms with van der Waals surface area (Å²) in [6, 6.07) is 4.27. The van der Waals surface area contributed by atoms with Crippen LogP contribution >= 0.6 is 0 Å². The first-order chi connectivity index (χ1) is 8.57. The predicted molar refractivity (Wildman–Crippen MR) is 72.0 cm³/mol. The number of benzene rings is 1. The van der Waals surface area contributed by atoms with Crippen molar-refractivity contribution in [3.8, 4) is 5.75 Å². The minimum atomic E-state index is -0.445. The van der Waals surface area contributed by atoms with E-state index in [1.807, 2.05) is 0 Å². The molecule has 0 bridgehead atoms. The molecule has 0 radical (unpaired) electrons. The van der Waals surface area contributed by atoms with Crippen molar-refractivity contribution in [3.05, 3.63) is 28.8 Å². The molecule has 1 aromatic carbocycles. The molecule has 2 nitrogen and oxygen atoms in total. The van der Waals surface area contributed by atoms with Crippen LogP contribution in [-0.4, -0.2) is 17.3 Å². The Morgan fingerprint density at radius 1 is 1.28 bits per heavy atom. The van der Waals surface area contributed by atoms with E-state index in [4.69, 9.17) is 4.74 Å². The molecule has 0 amide bonds. The molecule has 0 saturated heterocycles. The SMILES string of the molecule is Cc1ccc(CC2(O)CC2)c(OCC2CC2)c1C. The van der Waals surface area contributed by atoms with Gasteiger partial charge >= 0.3 is 0 Å². The van der Waals surface area contributed by atoms with E-state index < -0.39 is 5.60 Å². The Labute approximate surface area is 109 Å². The molecule has 2 aliphatic rings. The average Bonchev–Trinajstić information content (AvgIpc) is 3.22. The molecule has 2 saturated carbocycles. The molecule has 0 atom stereocenters. The standard InChI is InChI=1S/C16H22O2/c1-11-3-6-14(9-16(17)7-8-16)15(12(11)2)18-10-13-4-5-13/h3,6,13,17H,4-5,7-10H2,1-2H3. The van der Waals surface area contributed by atoms with Crippen molar-refractivity contribution >= 4 is 0 Å². The molecule has 0 heterocycles. The van der Waals surface area contributed by atoms with Crippen molar-refractivity contribution in [2.75, 3.05) is 6.61 Å². The Morgan fingerprint density at radius 2 is 2.00 bits per heavy atom. The van der Waals surface area contributed by atoms with Gasteiger partial charge in [-0.2, -0.15) is 0 Å². The van der Waals surface area contributed by atoms with Crippen LogP contribution in [0.5, 0.6) is 5.75 Å². The van der Waals surface area contributed by atoms with Crippen molar-refractivity contribution in [2.45, 2.75) is 51.6 Å². The van der Waals surface area contributed by atoms with Gasteiger partial charge in [-0.25, -0.2) is 0 Å². The minimum Gasteiger partial charge on any atom is -0.493 e. The van der Waals surface area contributed by atoms with Crippen molar-refractivity contribution in [1.29, 1.82) is 0 Å². The molecule has 0 aliphatic heterocycles. The zero-order chi connectivity index (χ0) is 12.8. The zero-order valence-electron chi connectivity index (χ0n) is 11.3. The van der Waals surface area contributed by atoms with E-state index in [2.05, 4.69) is 26.0 Å². The third kappa shape index (κ3) is 2.54. The molecule has 2 fully saturated rings. The molecule has 0 aromatic heterocycles. The zero-order valence-corrected chi connectivity index (χ0v) is 11.3. The van der Waals surface area contributed by atoms with Crippen LogP contribution in [-0.2, 0) is 6.42 Å². The maximum absolute atomic E-state index is 10.1. The van der Waals surface area contributed by atoms with E-state index in [1.54, 1.807) is 0 Å². The van der Waals surface area contributed by atoms with Gasteiger partial charge in [-0.1, -0.05) is 12.1 Å². The van der Waals surface area contributed by atoms with Gasteiger partial charge in [-0.3, -0.25) is 0 Å². The summed E-state index contributed by atoms with van der Waals surface area (Å²) in [7, 11) is 0. The van der Waals surface area contributed by atoms with Crippen LogP contribution in [0.3, 0.4) is 0 Å². The van der Waals surface area contributed by atoms with Gasteiger partial charge in [0, 0.05) is 6.42 Å². The van der Waals surface area contributed by atoms with Gasteiger partial charge in [0.05, 0.1) is 12.2 Å². The molecular formula is C16H22O2. The van der Waals surface area contributed by atoms with Crippen molar-refractivity contribution < 1.29 is 9.84 Å². The quantitative estimate of drug-likeness (QED) is 0.864. The summed E-state index contributed by atoms with van der Waals surface area (Å²) in [5, 5.41) is 10.1. The summed E-state index contributed by atoms with van der Waals surface area (Å²) < 4.78 is 6.04. The number of hydrogen-bond acceptors (Lipinski definition) is 2. The third-order valence-electron chi connectivity index (χ3n) is 4.27. The first-order valence-corrected chi connectivity index (χ1v) is 7.02. The first kappa shape index (κ1) is 12.0. The molecule has 2 aliphatic carbocycles. The highest BCUT2D eigenvalue weighted by atomic mass is 16.5. The summed E-state index contributed by atoms with van der Waals surface area (Å²) >= 11 is 0. The maximum atomic E-state index is 10.1. The number of aryl methyl sites for hydroxylation is 1. The lowest BCUT2D eigenvalue weighted by Gasteiger charge is -2.17. The molecule has 0 spiro atoms. The highest BCUT2D eigenvalue weighted by Crippen LogP contribution is 2.41. The second kappa shape index (κ2) is 4.27. The van der Waals surface area contributed by atoms with E-state index in [9.17, 15) is 5.11 Å². The van der Waals surface area contributed by atoms with Gasteiger partial charge in [0.25, 0.3) is 0 Å². The molecule has 1 aromatic rings. The molecule has 1 N–H and O–H groups in total. The molecule has 2 heteroatoms. The Balaban J connectivity index is 1.82. The van der Waals surface area contributed by atoms with E-state index in [-0.39, 0.29) is 0 Å². The van der Waals surface area contributed by atoms with Crippen LogP contribution in [0, 0.1) is 19.8 Å². The van der Waals surface area contributed by atoms with Crippen LogP contribution in [0.4, 0.5) is 0 Å². The van der Waals surface area contributed by atoms with Crippen molar-refractivity contribution in [1.82, 2.24) is 0 Å². The van der Waals surface area contributed by atoms with Crippen LogP contribution in [0.2, 0.25) is 0 Å². The average molecular weight is 246 g/mol. The van der Waals surface area contributed by atoms with Crippen LogP contribution in [0.25, 0.3) is 0 Å². The second-order valence-electron chi connectivity index (χ2n) is 6.15. The lowest BCUT2D eigenvalue weighted by Crippen LogP contribution is -2.13. The van der Waals surface area contributed by atoms with Gasteiger partial charge in [-0.05, 0) is 62.1 Å². The van der Waals surface area contributed by atoms with Gasteiger partial charge in [0.1, 0.15) is 5.75 Å². The summed E-state index contributed by atoms with van der Waals surface area (Å²) in [4.78, 5) is 0. The van der Waals surface area contributed by atoms with Crippen molar-refractivity contribution in [3.63, 3.8) is 0 Å². The molecular weight excluding hydrogens is 224 g/mol. The highest BCUT2D eigenvalue weighted by molar-refractivity contribution is 5.46.